The van der Waals surface area contributed by atoms with E-state index in [1.165, 1.54) is 12.1 Å². The molecular weight excluding hydrogens is 357 g/mol. The smallest absolute Gasteiger partial charge is 0.253 e. The van der Waals surface area contributed by atoms with Gasteiger partial charge in [0, 0.05) is 24.7 Å². The zero-order chi connectivity index (χ0) is 19.5. The molecule has 146 valence electrons. The number of ether oxygens (including phenoxy) is 1. The van der Waals surface area contributed by atoms with E-state index in [-0.39, 0.29) is 17.8 Å². The monoisotopic (exact) mass is 381 g/mol. The second-order valence-corrected chi connectivity index (χ2v) is 7.18. The van der Waals surface area contributed by atoms with Crippen LogP contribution in [0.4, 0.5) is 4.39 Å². The van der Waals surface area contributed by atoms with E-state index in [0.717, 1.165) is 36.0 Å². The zero-order valence-corrected chi connectivity index (χ0v) is 16.0. The molecule has 5 nitrogen and oxygen atoms in total. The molecule has 3 aromatic rings. The van der Waals surface area contributed by atoms with E-state index in [1.807, 2.05) is 33.7 Å². The van der Waals surface area contributed by atoms with Crippen LogP contribution in [0.5, 0.6) is 5.75 Å². The van der Waals surface area contributed by atoms with E-state index in [4.69, 9.17) is 4.74 Å². The van der Waals surface area contributed by atoms with Gasteiger partial charge in [-0.05, 0) is 61.7 Å². The Morgan fingerprint density at radius 2 is 1.93 bits per heavy atom. The summed E-state index contributed by atoms with van der Waals surface area (Å²) in [5.41, 5.74) is 2.29. The molecule has 0 bridgehead atoms. The second-order valence-electron chi connectivity index (χ2n) is 7.18. The third-order valence-corrected chi connectivity index (χ3v) is 5.26. The average Bonchev–Trinajstić information content (AvgIpc) is 3.15. The van der Waals surface area contributed by atoms with Gasteiger partial charge in [0.15, 0.2) is 0 Å². The molecule has 0 spiro atoms. The Morgan fingerprint density at radius 1 is 1.18 bits per heavy atom. The lowest BCUT2D eigenvalue weighted by molar-refractivity contribution is 0.0696. The van der Waals surface area contributed by atoms with Crippen LogP contribution >= 0.6 is 0 Å². The van der Waals surface area contributed by atoms with E-state index in [0.29, 0.717) is 25.3 Å². The molecule has 1 amide bonds. The standard InChI is InChI=1S/C22H24FN3O2/c1-2-13-28-19-6-3-16(4-7-19)22(27)25-11-9-18(10-12-25)26-15-24-20-8-5-17(23)14-21(20)26/h3-8,14-15,18H,2,9-13H2,1H3. The minimum atomic E-state index is -0.256. The molecule has 0 saturated carbocycles. The molecule has 1 fully saturated rings. The van der Waals surface area contributed by atoms with Gasteiger partial charge in [-0.25, -0.2) is 9.37 Å². The highest BCUT2D eigenvalue weighted by molar-refractivity contribution is 5.94. The van der Waals surface area contributed by atoms with Gasteiger partial charge in [-0.1, -0.05) is 6.92 Å². The van der Waals surface area contributed by atoms with E-state index in [9.17, 15) is 9.18 Å². The number of fused-ring (bicyclic) bond motifs is 1. The highest BCUT2D eigenvalue weighted by atomic mass is 19.1. The summed E-state index contributed by atoms with van der Waals surface area (Å²) in [6.45, 7) is 4.08. The van der Waals surface area contributed by atoms with Crippen LogP contribution in [0.15, 0.2) is 48.8 Å². The van der Waals surface area contributed by atoms with Gasteiger partial charge in [0.2, 0.25) is 0 Å². The summed E-state index contributed by atoms with van der Waals surface area (Å²) in [5.74, 6) is 0.576. The fourth-order valence-electron chi connectivity index (χ4n) is 3.73. The van der Waals surface area contributed by atoms with Crippen LogP contribution < -0.4 is 4.74 Å². The number of hydrogen-bond acceptors (Lipinski definition) is 3. The molecule has 0 atom stereocenters. The topological polar surface area (TPSA) is 47.4 Å². The molecule has 1 aromatic heterocycles. The van der Waals surface area contributed by atoms with Crippen LogP contribution in [0.2, 0.25) is 0 Å². The molecule has 2 heterocycles. The number of rotatable bonds is 5. The number of hydrogen-bond donors (Lipinski definition) is 0. The number of halogens is 1. The Labute approximate surface area is 163 Å². The first kappa shape index (κ1) is 18.5. The molecule has 0 unspecified atom stereocenters. The fourth-order valence-corrected chi connectivity index (χ4v) is 3.73. The lowest BCUT2D eigenvalue weighted by Crippen LogP contribution is -2.39. The molecule has 28 heavy (non-hydrogen) atoms. The average molecular weight is 381 g/mol. The van der Waals surface area contributed by atoms with Crippen molar-refractivity contribution in [3.8, 4) is 5.75 Å². The minimum Gasteiger partial charge on any atom is -0.494 e. The van der Waals surface area contributed by atoms with Gasteiger partial charge in [0.25, 0.3) is 5.91 Å². The number of nitrogens with zero attached hydrogens (tertiary/aromatic N) is 3. The summed E-state index contributed by atoms with van der Waals surface area (Å²) in [7, 11) is 0. The summed E-state index contributed by atoms with van der Waals surface area (Å²) in [4.78, 5) is 19.0. The van der Waals surface area contributed by atoms with Crippen molar-refractivity contribution in [2.45, 2.75) is 32.2 Å². The van der Waals surface area contributed by atoms with Crippen molar-refractivity contribution in [3.05, 3.63) is 60.2 Å². The quantitative estimate of drug-likeness (QED) is 0.656. The third-order valence-electron chi connectivity index (χ3n) is 5.26. The Bertz CT molecular complexity index is 960. The van der Waals surface area contributed by atoms with Crippen molar-refractivity contribution < 1.29 is 13.9 Å². The molecule has 4 rings (SSSR count). The Morgan fingerprint density at radius 3 is 2.64 bits per heavy atom. The van der Waals surface area contributed by atoms with Crippen molar-refractivity contribution >= 4 is 16.9 Å². The number of benzene rings is 2. The van der Waals surface area contributed by atoms with Crippen molar-refractivity contribution in [3.63, 3.8) is 0 Å². The molecule has 1 aliphatic rings. The number of imidazole rings is 1. The molecule has 6 heteroatoms. The Kier molecular flexibility index (Phi) is 5.28. The first-order valence-corrected chi connectivity index (χ1v) is 9.80. The summed E-state index contributed by atoms with van der Waals surface area (Å²) >= 11 is 0. The van der Waals surface area contributed by atoms with E-state index in [1.54, 1.807) is 12.4 Å². The number of carbonyl (C=O) groups excluding carboxylic acids is 1. The fraction of sp³-hybridized carbons (Fsp3) is 0.364. The first-order valence-electron chi connectivity index (χ1n) is 9.80. The molecular formula is C22H24FN3O2. The summed E-state index contributed by atoms with van der Waals surface area (Å²) in [6.07, 6.45) is 4.38. The number of carbonyl (C=O) groups is 1. The zero-order valence-electron chi connectivity index (χ0n) is 16.0. The molecule has 1 aliphatic heterocycles. The van der Waals surface area contributed by atoms with E-state index >= 15 is 0 Å². The maximum atomic E-state index is 13.6. The van der Waals surface area contributed by atoms with Crippen molar-refractivity contribution in [1.82, 2.24) is 14.5 Å². The predicted molar refractivity (Wildman–Crippen MR) is 106 cm³/mol. The Balaban J connectivity index is 1.40. The van der Waals surface area contributed by atoms with Crippen LogP contribution in [0, 0.1) is 5.82 Å². The maximum absolute atomic E-state index is 13.6. The van der Waals surface area contributed by atoms with Gasteiger partial charge in [-0.2, -0.15) is 0 Å². The van der Waals surface area contributed by atoms with Crippen molar-refractivity contribution in [1.29, 1.82) is 0 Å². The number of likely N-dealkylation sites (tertiary alicyclic amines) is 1. The van der Waals surface area contributed by atoms with E-state index in [2.05, 4.69) is 11.9 Å². The van der Waals surface area contributed by atoms with Crippen LogP contribution in [0.3, 0.4) is 0 Å². The highest BCUT2D eigenvalue weighted by Gasteiger charge is 2.25. The summed E-state index contributed by atoms with van der Waals surface area (Å²) in [6, 6.07) is 12.2. The molecule has 0 radical (unpaired) electrons. The van der Waals surface area contributed by atoms with E-state index < -0.39 is 0 Å². The third kappa shape index (κ3) is 3.72. The molecule has 0 N–H and O–H groups in total. The summed E-state index contributed by atoms with van der Waals surface area (Å²) < 4.78 is 21.2. The van der Waals surface area contributed by atoms with Gasteiger partial charge >= 0.3 is 0 Å². The first-order chi connectivity index (χ1) is 13.7. The highest BCUT2D eigenvalue weighted by Crippen LogP contribution is 2.28. The second kappa shape index (κ2) is 8.00. The van der Waals surface area contributed by atoms with Gasteiger partial charge in [0.1, 0.15) is 11.6 Å². The SMILES string of the molecule is CCCOc1ccc(C(=O)N2CCC(n3cnc4ccc(F)cc43)CC2)cc1. The predicted octanol–water partition coefficient (Wildman–Crippen LogP) is 4.44. The van der Waals surface area contributed by atoms with Crippen molar-refractivity contribution in [2.24, 2.45) is 0 Å². The Hall–Kier alpha value is -2.89. The minimum absolute atomic E-state index is 0.0435. The molecule has 0 aliphatic carbocycles. The van der Waals surface area contributed by atoms with Crippen LogP contribution in [-0.2, 0) is 0 Å². The van der Waals surface area contributed by atoms with Gasteiger partial charge in [-0.15, -0.1) is 0 Å². The maximum Gasteiger partial charge on any atom is 0.253 e. The van der Waals surface area contributed by atoms with Gasteiger partial charge in [-0.3, -0.25) is 4.79 Å². The summed E-state index contributed by atoms with van der Waals surface area (Å²) in [5, 5.41) is 0. The lowest BCUT2D eigenvalue weighted by atomic mass is 10.0. The van der Waals surface area contributed by atoms with Crippen LogP contribution in [-0.4, -0.2) is 40.1 Å². The normalized spacial score (nSPS) is 15.1. The number of piperidine rings is 1. The number of aromatic nitrogens is 2. The lowest BCUT2D eigenvalue weighted by Gasteiger charge is -2.33. The largest absolute Gasteiger partial charge is 0.494 e. The molecule has 1 saturated heterocycles. The van der Waals surface area contributed by atoms with Gasteiger partial charge in [0.05, 0.1) is 24.0 Å². The van der Waals surface area contributed by atoms with Crippen LogP contribution in [0.1, 0.15) is 42.6 Å². The molecule has 2 aromatic carbocycles. The van der Waals surface area contributed by atoms with Gasteiger partial charge < -0.3 is 14.2 Å². The number of amides is 1. The van der Waals surface area contributed by atoms with Crippen LogP contribution in [0.25, 0.3) is 11.0 Å². The van der Waals surface area contributed by atoms with Crippen molar-refractivity contribution in [2.75, 3.05) is 19.7 Å².